The molecule has 1 atom stereocenters. The van der Waals surface area contributed by atoms with Crippen LogP contribution < -0.4 is 10.1 Å². The van der Waals surface area contributed by atoms with E-state index in [2.05, 4.69) is 5.32 Å². The molecule has 0 heterocycles. The molecule has 106 valence electrons. The van der Waals surface area contributed by atoms with Crippen molar-refractivity contribution in [3.63, 3.8) is 0 Å². The molecule has 0 spiro atoms. The number of rotatable bonds is 4. The molecule has 1 N–H and O–H groups in total. The number of ether oxygens (including phenoxy) is 1. The molecular weight excluding hydrogens is 267 g/mol. The lowest BCUT2D eigenvalue weighted by Gasteiger charge is -2.17. The summed E-state index contributed by atoms with van der Waals surface area (Å²) in [4.78, 5) is 0. The van der Waals surface area contributed by atoms with Crippen molar-refractivity contribution in [3.8, 4) is 5.75 Å². The number of anilines is 1. The zero-order chi connectivity index (χ0) is 14.7. The Morgan fingerprint density at radius 1 is 1.00 bits per heavy atom. The highest BCUT2D eigenvalue weighted by molar-refractivity contribution is 5.51. The van der Waals surface area contributed by atoms with Gasteiger partial charge in [-0.1, -0.05) is 0 Å². The standard InChI is InChI=1S/C15H14F3NO/c1-9(10-5-11(16)7-12(17)6-10)19-15-8-13(20-2)3-4-14(15)18/h3-9,19H,1-2H3. The van der Waals surface area contributed by atoms with Crippen LogP contribution >= 0.6 is 0 Å². The largest absolute Gasteiger partial charge is 0.497 e. The first-order valence-corrected chi connectivity index (χ1v) is 6.05. The highest BCUT2D eigenvalue weighted by atomic mass is 19.1. The zero-order valence-electron chi connectivity index (χ0n) is 11.1. The summed E-state index contributed by atoms with van der Waals surface area (Å²) in [6, 6.07) is 7.00. The summed E-state index contributed by atoms with van der Waals surface area (Å²) in [5.41, 5.74) is 0.603. The van der Waals surface area contributed by atoms with Crippen molar-refractivity contribution in [1.29, 1.82) is 0 Å². The Morgan fingerprint density at radius 3 is 2.25 bits per heavy atom. The highest BCUT2D eigenvalue weighted by Gasteiger charge is 2.11. The summed E-state index contributed by atoms with van der Waals surface area (Å²) in [6.07, 6.45) is 0. The van der Waals surface area contributed by atoms with Crippen LogP contribution in [-0.2, 0) is 0 Å². The topological polar surface area (TPSA) is 21.3 Å². The second kappa shape index (κ2) is 5.86. The number of halogens is 3. The van der Waals surface area contributed by atoms with E-state index in [-0.39, 0.29) is 5.69 Å². The van der Waals surface area contributed by atoms with Crippen LogP contribution in [0.15, 0.2) is 36.4 Å². The molecule has 5 heteroatoms. The van der Waals surface area contributed by atoms with E-state index in [0.29, 0.717) is 11.3 Å². The third-order valence-electron chi connectivity index (χ3n) is 2.93. The third-order valence-corrected chi connectivity index (χ3v) is 2.93. The number of hydrogen-bond donors (Lipinski definition) is 1. The number of hydrogen-bond acceptors (Lipinski definition) is 2. The predicted molar refractivity (Wildman–Crippen MR) is 71.3 cm³/mol. The van der Waals surface area contributed by atoms with Crippen molar-refractivity contribution < 1.29 is 17.9 Å². The van der Waals surface area contributed by atoms with Crippen LogP contribution in [-0.4, -0.2) is 7.11 Å². The molecule has 1 unspecified atom stereocenters. The molecule has 0 aliphatic heterocycles. The molecule has 2 aromatic carbocycles. The Bertz CT molecular complexity index is 596. The van der Waals surface area contributed by atoms with Gasteiger partial charge in [0.1, 0.15) is 23.2 Å². The van der Waals surface area contributed by atoms with Crippen molar-refractivity contribution in [3.05, 3.63) is 59.4 Å². The summed E-state index contributed by atoms with van der Waals surface area (Å²) in [6.45, 7) is 1.69. The molecule has 0 bridgehead atoms. The van der Waals surface area contributed by atoms with Gasteiger partial charge in [0.15, 0.2) is 0 Å². The van der Waals surface area contributed by atoms with E-state index >= 15 is 0 Å². The molecule has 2 rings (SSSR count). The van der Waals surface area contributed by atoms with E-state index < -0.39 is 23.5 Å². The first kappa shape index (κ1) is 14.2. The molecule has 0 fully saturated rings. The lowest BCUT2D eigenvalue weighted by atomic mass is 10.1. The summed E-state index contributed by atoms with van der Waals surface area (Å²) >= 11 is 0. The van der Waals surface area contributed by atoms with E-state index in [4.69, 9.17) is 4.74 Å². The molecule has 0 amide bonds. The maximum absolute atomic E-state index is 13.7. The molecule has 0 aliphatic rings. The van der Waals surface area contributed by atoms with E-state index in [1.54, 1.807) is 6.92 Å². The molecular formula is C15H14F3NO. The summed E-state index contributed by atoms with van der Waals surface area (Å²) in [5, 5.41) is 2.87. The van der Waals surface area contributed by atoms with Crippen molar-refractivity contribution in [2.75, 3.05) is 12.4 Å². The van der Waals surface area contributed by atoms with Gasteiger partial charge in [-0.05, 0) is 36.8 Å². The fourth-order valence-electron chi connectivity index (χ4n) is 1.88. The van der Waals surface area contributed by atoms with Gasteiger partial charge >= 0.3 is 0 Å². The monoisotopic (exact) mass is 281 g/mol. The van der Waals surface area contributed by atoms with Crippen molar-refractivity contribution in [2.45, 2.75) is 13.0 Å². The number of methoxy groups -OCH3 is 1. The van der Waals surface area contributed by atoms with E-state index in [1.165, 1.54) is 37.4 Å². The van der Waals surface area contributed by atoms with Gasteiger partial charge in [0, 0.05) is 18.2 Å². The lowest BCUT2D eigenvalue weighted by molar-refractivity contribution is 0.414. The zero-order valence-corrected chi connectivity index (χ0v) is 11.1. The molecule has 0 saturated heterocycles. The Labute approximate surface area is 115 Å². The van der Waals surface area contributed by atoms with Gasteiger partial charge in [0.05, 0.1) is 12.8 Å². The van der Waals surface area contributed by atoms with E-state index in [0.717, 1.165) is 6.07 Å². The fraction of sp³-hybridized carbons (Fsp3) is 0.200. The van der Waals surface area contributed by atoms with Gasteiger partial charge in [-0.3, -0.25) is 0 Å². The molecule has 0 saturated carbocycles. The Balaban J connectivity index is 2.24. The molecule has 2 nitrogen and oxygen atoms in total. The van der Waals surface area contributed by atoms with Gasteiger partial charge in [0.25, 0.3) is 0 Å². The Kier molecular flexibility index (Phi) is 4.17. The van der Waals surface area contributed by atoms with Crippen LogP contribution in [0.1, 0.15) is 18.5 Å². The van der Waals surface area contributed by atoms with E-state index in [9.17, 15) is 13.2 Å². The van der Waals surface area contributed by atoms with Crippen LogP contribution in [0.5, 0.6) is 5.75 Å². The predicted octanol–water partition coefficient (Wildman–Crippen LogP) is 4.29. The van der Waals surface area contributed by atoms with Gasteiger partial charge in [-0.25, -0.2) is 13.2 Å². The van der Waals surface area contributed by atoms with Crippen LogP contribution in [0.2, 0.25) is 0 Å². The minimum Gasteiger partial charge on any atom is -0.497 e. The minimum atomic E-state index is -0.667. The Hall–Kier alpha value is -2.17. The van der Waals surface area contributed by atoms with Crippen LogP contribution in [0, 0.1) is 17.5 Å². The minimum absolute atomic E-state index is 0.210. The van der Waals surface area contributed by atoms with Crippen molar-refractivity contribution >= 4 is 5.69 Å². The normalized spacial score (nSPS) is 12.1. The lowest BCUT2D eigenvalue weighted by Crippen LogP contribution is -2.09. The number of nitrogens with one attached hydrogen (secondary N) is 1. The van der Waals surface area contributed by atoms with Gasteiger partial charge < -0.3 is 10.1 Å². The molecule has 0 aromatic heterocycles. The SMILES string of the molecule is COc1ccc(F)c(NC(C)c2cc(F)cc(F)c2)c1. The highest BCUT2D eigenvalue weighted by Crippen LogP contribution is 2.26. The first-order valence-electron chi connectivity index (χ1n) is 6.05. The maximum Gasteiger partial charge on any atom is 0.146 e. The van der Waals surface area contributed by atoms with Crippen LogP contribution in [0.25, 0.3) is 0 Å². The van der Waals surface area contributed by atoms with Gasteiger partial charge in [-0.2, -0.15) is 0 Å². The molecule has 0 aliphatic carbocycles. The number of benzene rings is 2. The van der Waals surface area contributed by atoms with E-state index in [1.807, 2.05) is 0 Å². The second-order valence-electron chi connectivity index (χ2n) is 4.41. The smallest absolute Gasteiger partial charge is 0.146 e. The average Bonchev–Trinajstić information content (AvgIpc) is 2.40. The summed E-state index contributed by atoms with van der Waals surface area (Å²) < 4.78 is 45.0. The second-order valence-corrected chi connectivity index (χ2v) is 4.41. The first-order chi connectivity index (χ1) is 9.49. The quantitative estimate of drug-likeness (QED) is 0.902. The third kappa shape index (κ3) is 3.23. The van der Waals surface area contributed by atoms with Gasteiger partial charge in [0.2, 0.25) is 0 Å². The van der Waals surface area contributed by atoms with Crippen molar-refractivity contribution in [1.82, 2.24) is 0 Å². The maximum atomic E-state index is 13.7. The van der Waals surface area contributed by atoms with Crippen molar-refractivity contribution in [2.24, 2.45) is 0 Å². The van der Waals surface area contributed by atoms with Gasteiger partial charge in [-0.15, -0.1) is 0 Å². The Morgan fingerprint density at radius 2 is 1.65 bits per heavy atom. The summed E-state index contributed by atoms with van der Waals surface area (Å²) in [7, 11) is 1.47. The average molecular weight is 281 g/mol. The molecule has 0 radical (unpaired) electrons. The molecule has 2 aromatic rings. The summed E-state index contributed by atoms with van der Waals surface area (Å²) in [5.74, 6) is -1.31. The fourth-order valence-corrected chi connectivity index (χ4v) is 1.88. The molecule has 20 heavy (non-hydrogen) atoms. The van der Waals surface area contributed by atoms with Crippen LogP contribution in [0.3, 0.4) is 0 Å². The van der Waals surface area contributed by atoms with Crippen LogP contribution in [0.4, 0.5) is 18.9 Å².